The summed E-state index contributed by atoms with van der Waals surface area (Å²) in [4.78, 5) is 38.9. The Morgan fingerprint density at radius 3 is 0.885 bits per heavy atom. The van der Waals surface area contributed by atoms with E-state index in [4.69, 9.17) is 54.2 Å². The second kappa shape index (κ2) is 47.1. The number of hydrogen-bond donors (Lipinski definition) is 16. The van der Waals surface area contributed by atoms with E-state index in [0.717, 1.165) is 22.1 Å². The zero-order valence-electron chi connectivity index (χ0n) is 34.0. The topological polar surface area (TPSA) is 401 Å². The fourth-order valence-corrected chi connectivity index (χ4v) is 1.94. The molecule has 22 N–H and O–H groups in total. The number of hydrogen-bond acceptors (Lipinski definition) is 12. The van der Waals surface area contributed by atoms with Gasteiger partial charge in [0.05, 0.1) is 55.5 Å². The van der Waals surface area contributed by atoms with Crippen LogP contribution in [0, 0.1) is 10.8 Å². The summed E-state index contributed by atoms with van der Waals surface area (Å²) in [6, 6.07) is -1.64. The predicted octanol–water partition coefficient (Wildman–Crippen LogP) is -4.65. The summed E-state index contributed by atoms with van der Waals surface area (Å²) in [6.07, 6.45) is 1.95. The molecular formula is C30H80N14O8+2. The summed E-state index contributed by atoms with van der Waals surface area (Å²) >= 11 is 0. The standard InChI is InChI=1S/2C6H14N4O2.2C5H14NO.2C2H5NO.2C2H7N/c2*7-4(5(11)12)2-1-3-10-6(8)9;2*1-6(2,3)4-5-7;2*1-2(3)4;2*1-3-2/h2*4H,1-3,7H2,(H,11,12)(H4,8,9,10);2*7H,4-5H2,1-3H3;2*1H3,(H2,3,4);2*3H,1-2H3/q;;2*+1;;;;. The monoisotopic (exact) mass is 765 g/mol. The number of nitrogens with zero attached hydrogens (tertiary/aromatic N) is 2. The average Bonchev–Trinajstić information content (AvgIpc) is 2.93. The number of primary amides is 2. The molecule has 0 fully saturated rings. The van der Waals surface area contributed by atoms with Crippen molar-refractivity contribution in [1.29, 1.82) is 10.8 Å². The second-order valence-corrected chi connectivity index (χ2v) is 12.6. The second-order valence-electron chi connectivity index (χ2n) is 12.6. The number of carbonyl (C=O) groups is 4. The van der Waals surface area contributed by atoms with Crippen LogP contribution in [0.1, 0.15) is 39.5 Å². The summed E-state index contributed by atoms with van der Waals surface area (Å²) in [6.45, 7) is 5.81. The lowest BCUT2D eigenvalue weighted by molar-refractivity contribution is -0.870. The first-order chi connectivity index (χ1) is 23.5. The van der Waals surface area contributed by atoms with Gasteiger partial charge in [-0.15, -0.1) is 0 Å². The third kappa shape index (κ3) is 138. The van der Waals surface area contributed by atoms with Crippen LogP contribution >= 0.6 is 0 Å². The van der Waals surface area contributed by atoms with Crippen molar-refractivity contribution < 1.29 is 48.6 Å². The maximum atomic E-state index is 10.2. The number of aliphatic carboxylic acids is 2. The fraction of sp³-hybridized carbons (Fsp3) is 0.800. The minimum absolute atomic E-state index is 0.112. The highest BCUT2D eigenvalue weighted by Crippen LogP contribution is 1.93. The highest BCUT2D eigenvalue weighted by molar-refractivity contribution is 5.75. The summed E-state index contributed by atoms with van der Waals surface area (Å²) in [7, 11) is 19.8. The van der Waals surface area contributed by atoms with Crippen LogP contribution in [0.2, 0.25) is 0 Å². The van der Waals surface area contributed by atoms with Gasteiger partial charge in [0.15, 0.2) is 11.9 Å². The minimum atomic E-state index is -1.00. The molecule has 316 valence electrons. The van der Waals surface area contributed by atoms with Gasteiger partial charge in [-0.2, -0.15) is 0 Å². The van der Waals surface area contributed by atoms with Crippen LogP contribution in [0.3, 0.4) is 0 Å². The third-order valence-corrected chi connectivity index (χ3v) is 4.19. The Hall–Kier alpha value is -3.90. The van der Waals surface area contributed by atoms with Crippen molar-refractivity contribution in [2.24, 2.45) is 34.4 Å². The molecular weight excluding hydrogens is 684 g/mol. The van der Waals surface area contributed by atoms with Crippen molar-refractivity contribution in [3.8, 4) is 0 Å². The number of quaternary nitrogens is 2. The first kappa shape index (κ1) is 66.4. The number of guanidine groups is 2. The molecule has 0 aromatic carbocycles. The Morgan fingerprint density at radius 1 is 0.596 bits per heavy atom. The maximum absolute atomic E-state index is 10.2. The number of rotatable bonds is 14. The van der Waals surface area contributed by atoms with Gasteiger partial charge in [0.2, 0.25) is 11.8 Å². The average molecular weight is 765 g/mol. The highest BCUT2D eigenvalue weighted by Gasteiger charge is 2.10. The van der Waals surface area contributed by atoms with Crippen molar-refractivity contribution >= 4 is 35.7 Å². The van der Waals surface area contributed by atoms with Gasteiger partial charge in [-0.1, -0.05) is 0 Å². The Morgan fingerprint density at radius 2 is 0.788 bits per heavy atom. The van der Waals surface area contributed by atoms with E-state index in [1.807, 2.05) is 28.2 Å². The van der Waals surface area contributed by atoms with E-state index in [1.165, 1.54) is 13.8 Å². The number of aliphatic hydroxyl groups excluding tert-OH is 2. The van der Waals surface area contributed by atoms with Gasteiger partial charge in [-0.05, 0) is 53.9 Å². The van der Waals surface area contributed by atoms with Gasteiger partial charge < -0.3 is 85.1 Å². The van der Waals surface area contributed by atoms with Crippen LogP contribution in [0.15, 0.2) is 0 Å². The molecule has 0 aliphatic carbocycles. The summed E-state index contributed by atoms with van der Waals surface area (Å²) in [5, 5.41) is 57.7. The molecule has 2 amide bonds. The molecule has 0 rings (SSSR count). The Labute approximate surface area is 312 Å². The molecule has 0 aromatic heterocycles. The van der Waals surface area contributed by atoms with Crippen molar-refractivity contribution in [1.82, 2.24) is 21.3 Å². The predicted molar refractivity (Wildman–Crippen MR) is 209 cm³/mol. The molecule has 0 saturated carbocycles. The molecule has 2 unspecified atom stereocenters. The molecule has 22 nitrogen and oxygen atoms in total. The summed E-state index contributed by atoms with van der Waals surface area (Å²) < 4.78 is 1.69. The molecule has 0 spiro atoms. The van der Waals surface area contributed by atoms with E-state index in [9.17, 15) is 19.2 Å². The molecule has 0 saturated heterocycles. The van der Waals surface area contributed by atoms with Crippen molar-refractivity contribution in [3.05, 3.63) is 0 Å². The SMILES string of the molecule is CC(N)=O.CC(N)=O.CNC.CNC.C[N+](C)(C)CCO.C[N+](C)(C)CCO.N=C(N)NCCCC(N)C(=O)O.N=C(N)NCCCC(N)C(=O)O. The molecule has 0 radical (unpaired) electrons. The van der Waals surface area contributed by atoms with Crippen LogP contribution in [-0.2, 0) is 19.2 Å². The van der Waals surface area contributed by atoms with Gasteiger partial charge in [0, 0.05) is 26.9 Å². The van der Waals surface area contributed by atoms with E-state index in [-0.39, 0.29) is 36.9 Å². The van der Waals surface area contributed by atoms with Crippen LogP contribution < -0.4 is 55.7 Å². The first-order valence-electron chi connectivity index (χ1n) is 16.1. The number of amides is 2. The lowest BCUT2D eigenvalue weighted by Crippen LogP contribution is -2.36. The fourth-order valence-electron chi connectivity index (χ4n) is 1.94. The van der Waals surface area contributed by atoms with Gasteiger partial charge >= 0.3 is 11.9 Å². The Balaban J connectivity index is -0.0000000750. The summed E-state index contributed by atoms with van der Waals surface area (Å²) in [5.41, 5.74) is 29.4. The van der Waals surface area contributed by atoms with E-state index in [1.54, 1.807) is 0 Å². The van der Waals surface area contributed by atoms with Gasteiger partial charge in [0.1, 0.15) is 25.2 Å². The summed E-state index contributed by atoms with van der Waals surface area (Å²) in [5.74, 6) is -2.89. The van der Waals surface area contributed by atoms with Crippen LogP contribution in [0.25, 0.3) is 0 Å². The number of nitrogens with one attached hydrogen (secondary N) is 6. The lowest BCUT2D eigenvalue weighted by Gasteiger charge is -2.21. The smallest absolute Gasteiger partial charge is 0.320 e. The van der Waals surface area contributed by atoms with Crippen molar-refractivity contribution in [3.63, 3.8) is 0 Å². The number of nitrogens with two attached hydrogens (primary N) is 6. The van der Waals surface area contributed by atoms with Crippen molar-refractivity contribution in [2.45, 2.75) is 51.6 Å². The van der Waals surface area contributed by atoms with E-state index < -0.39 is 24.0 Å². The number of aliphatic hydroxyl groups is 2. The van der Waals surface area contributed by atoms with Crippen LogP contribution in [0.4, 0.5) is 0 Å². The Bertz CT molecular complexity index is 781. The molecule has 0 aliphatic rings. The highest BCUT2D eigenvalue weighted by atomic mass is 16.4. The third-order valence-electron chi connectivity index (χ3n) is 4.19. The molecule has 0 aliphatic heterocycles. The zero-order chi connectivity index (χ0) is 43.5. The normalized spacial score (nSPS) is 10.5. The molecule has 2 atom stereocenters. The maximum Gasteiger partial charge on any atom is 0.320 e. The minimum Gasteiger partial charge on any atom is -0.480 e. The van der Waals surface area contributed by atoms with E-state index >= 15 is 0 Å². The number of carbonyl (C=O) groups excluding carboxylic acids is 2. The van der Waals surface area contributed by atoms with Crippen LogP contribution in [-0.4, -0.2) is 187 Å². The van der Waals surface area contributed by atoms with Gasteiger partial charge in [0.25, 0.3) is 0 Å². The number of carboxylic acid groups (broad SMARTS) is 2. The van der Waals surface area contributed by atoms with E-state index in [2.05, 4.69) is 75.0 Å². The van der Waals surface area contributed by atoms with Crippen LogP contribution in [0.5, 0.6) is 0 Å². The van der Waals surface area contributed by atoms with Gasteiger partial charge in [-0.25, -0.2) is 0 Å². The molecule has 52 heavy (non-hydrogen) atoms. The molecule has 0 bridgehead atoms. The molecule has 0 heterocycles. The molecule has 22 heteroatoms. The van der Waals surface area contributed by atoms with Gasteiger partial charge in [-0.3, -0.25) is 30.0 Å². The Kier molecular flexibility index (Phi) is 60.1. The largest absolute Gasteiger partial charge is 0.480 e. The zero-order valence-corrected chi connectivity index (χ0v) is 34.0. The van der Waals surface area contributed by atoms with Crippen molar-refractivity contribution in [2.75, 3.05) is 110 Å². The lowest BCUT2D eigenvalue weighted by atomic mass is 10.2. The number of carboxylic acids is 2. The quantitative estimate of drug-likeness (QED) is 0.0342. The number of likely N-dealkylation sites (N-methyl/N-ethyl adjacent to an activating group) is 2. The molecule has 0 aromatic rings. The van der Waals surface area contributed by atoms with E-state index in [0.29, 0.717) is 38.8 Å². The first-order valence-corrected chi connectivity index (χ1v) is 16.1.